The molecule has 0 spiro atoms. The average Bonchev–Trinajstić information content (AvgIpc) is 2.81. The van der Waals surface area contributed by atoms with Crippen LogP contribution in [0.3, 0.4) is 0 Å². The van der Waals surface area contributed by atoms with Gasteiger partial charge in [0.2, 0.25) is 5.95 Å². The van der Waals surface area contributed by atoms with Crippen molar-refractivity contribution in [3.63, 3.8) is 0 Å². The maximum Gasteiger partial charge on any atom is 0.222 e. The lowest BCUT2D eigenvalue weighted by Crippen LogP contribution is -2.02. The number of fused-ring (bicyclic) bond motifs is 1. The summed E-state index contributed by atoms with van der Waals surface area (Å²) in [6, 6.07) is 7.60. The van der Waals surface area contributed by atoms with Crippen molar-refractivity contribution in [2.24, 2.45) is 0 Å². The van der Waals surface area contributed by atoms with Crippen LogP contribution < -0.4 is 11.1 Å². The Labute approximate surface area is 102 Å². The van der Waals surface area contributed by atoms with Gasteiger partial charge in [-0.3, -0.25) is 0 Å². The van der Waals surface area contributed by atoms with Gasteiger partial charge in [0, 0.05) is 17.4 Å². The fourth-order valence-electron chi connectivity index (χ4n) is 1.73. The van der Waals surface area contributed by atoms with Gasteiger partial charge in [0.15, 0.2) is 11.6 Å². The van der Waals surface area contributed by atoms with Crippen LogP contribution in [-0.2, 0) is 0 Å². The van der Waals surface area contributed by atoms with E-state index in [-0.39, 0.29) is 11.8 Å². The normalized spacial score (nSPS) is 10.7. The molecule has 0 saturated heterocycles. The highest BCUT2D eigenvalue weighted by Crippen LogP contribution is 2.22. The molecule has 0 aliphatic rings. The topological polar surface area (TPSA) is 79.6 Å². The van der Waals surface area contributed by atoms with E-state index in [9.17, 15) is 4.39 Å². The summed E-state index contributed by atoms with van der Waals surface area (Å²) in [7, 11) is 0. The van der Waals surface area contributed by atoms with Crippen molar-refractivity contribution in [1.29, 1.82) is 0 Å². The lowest BCUT2D eigenvalue weighted by molar-refractivity contribution is 0.620. The van der Waals surface area contributed by atoms with E-state index < -0.39 is 5.82 Å². The van der Waals surface area contributed by atoms with Crippen molar-refractivity contribution in [2.45, 2.75) is 0 Å². The first-order chi connectivity index (χ1) is 8.72. The van der Waals surface area contributed by atoms with Crippen LogP contribution >= 0.6 is 0 Å². The number of aromatic nitrogens is 3. The predicted molar refractivity (Wildman–Crippen MR) is 68.0 cm³/mol. The lowest BCUT2D eigenvalue weighted by Gasteiger charge is -2.06. The molecule has 0 aliphatic carbocycles. The van der Waals surface area contributed by atoms with Crippen LogP contribution in [0.1, 0.15) is 0 Å². The molecule has 1 aromatic carbocycles. The molecule has 0 aliphatic heterocycles. The van der Waals surface area contributed by atoms with Crippen LogP contribution in [0.25, 0.3) is 10.9 Å². The van der Waals surface area contributed by atoms with Gasteiger partial charge in [0.1, 0.15) is 0 Å². The third-order valence-electron chi connectivity index (χ3n) is 2.58. The van der Waals surface area contributed by atoms with Gasteiger partial charge in [-0.2, -0.15) is 4.98 Å². The highest BCUT2D eigenvalue weighted by Gasteiger charge is 2.06. The highest BCUT2D eigenvalue weighted by molar-refractivity contribution is 5.83. The summed E-state index contributed by atoms with van der Waals surface area (Å²) in [6.45, 7) is 0. The first-order valence-electron chi connectivity index (χ1n) is 5.34. The molecule has 0 bridgehead atoms. The van der Waals surface area contributed by atoms with E-state index in [4.69, 9.17) is 5.73 Å². The lowest BCUT2D eigenvalue weighted by atomic mass is 10.2. The third kappa shape index (κ3) is 1.84. The Balaban J connectivity index is 1.97. The van der Waals surface area contributed by atoms with Gasteiger partial charge in [-0.15, -0.1) is 0 Å². The van der Waals surface area contributed by atoms with E-state index in [1.807, 2.05) is 30.5 Å². The summed E-state index contributed by atoms with van der Waals surface area (Å²) in [5.74, 6) is -0.455. The summed E-state index contributed by atoms with van der Waals surface area (Å²) >= 11 is 0. The van der Waals surface area contributed by atoms with E-state index >= 15 is 0 Å². The molecular formula is C12H10FN5. The Hall–Kier alpha value is -2.63. The molecule has 0 radical (unpaired) electrons. The number of hydrogen-bond acceptors (Lipinski definition) is 4. The van der Waals surface area contributed by atoms with Gasteiger partial charge in [0.25, 0.3) is 0 Å². The van der Waals surface area contributed by atoms with E-state index in [1.165, 1.54) is 0 Å². The van der Waals surface area contributed by atoms with Crippen LogP contribution in [0.4, 0.5) is 21.8 Å². The Bertz CT molecular complexity index is 707. The molecule has 0 saturated carbocycles. The van der Waals surface area contributed by atoms with Crippen LogP contribution in [0.15, 0.2) is 36.7 Å². The van der Waals surface area contributed by atoms with Crippen LogP contribution in [0.2, 0.25) is 0 Å². The molecule has 2 aromatic heterocycles. The second-order valence-corrected chi connectivity index (χ2v) is 3.83. The van der Waals surface area contributed by atoms with Crippen LogP contribution in [0, 0.1) is 5.82 Å². The van der Waals surface area contributed by atoms with Gasteiger partial charge < -0.3 is 16.0 Å². The average molecular weight is 243 g/mol. The van der Waals surface area contributed by atoms with E-state index in [1.54, 1.807) is 0 Å². The quantitative estimate of drug-likeness (QED) is 0.645. The molecule has 3 aromatic rings. The van der Waals surface area contributed by atoms with Crippen molar-refractivity contribution in [3.8, 4) is 0 Å². The number of hydrogen-bond donors (Lipinski definition) is 3. The molecule has 0 fully saturated rings. The van der Waals surface area contributed by atoms with E-state index in [0.717, 1.165) is 22.8 Å². The maximum atomic E-state index is 13.5. The fraction of sp³-hybridized carbons (Fsp3) is 0. The molecule has 2 heterocycles. The zero-order valence-corrected chi connectivity index (χ0v) is 9.31. The molecule has 0 atom stereocenters. The van der Waals surface area contributed by atoms with Crippen LogP contribution in [0.5, 0.6) is 0 Å². The fourth-order valence-corrected chi connectivity index (χ4v) is 1.73. The number of nitrogens with two attached hydrogens (primary N) is 1. The molecule has 5 nitrogen and oxygen atoms in total. The first-order valence-corrected chi connectivity index (χ1v) is 5.34. The zero-order valence-electron chi connectivity index (χ0n) is 9.31. The number of rotatable bonds is 2. The van der Waals surface area contributed by atoms with Crippen molar-refractivity contribution in [3.05, 3.63) is 42.5 Å². The Morgan fingerprint density at radius 3 is 3.06 bits per heavy atom. The third-order valence-corrected chi connectivity index (χ3v) is 2.58. The minimum absolute atomic E-state index is 0.0276. The predicted octanol–water partition coefficient (Wildman–Crippen LogP) is 2.42. The Kier molecular flexibility index (Phi) is 2.33. The minimum atomic E-state index is -0.546. The number of benzene rings is 1. The molecule has 4 N–H and O–H groups in total. The monoisotopic (exact) mass is 243 g/mol. The summed E-state index contributed by atoms with van der Waals surface area (Å²) in [5, 5.41) is 3.96. The molecule has 18 heavy (non-hydrogen) atoms. The summed E-state index contributed by atoms with van der Waals surface area (Å²) < 4.78 is 13.5. The second kappa shape index (κ2) is 3.99. The Morgan fingerprint density at radius 2 is 2.17 bits per heavy atom. The van der Waals surface area contributed by atoms with Gasteiger partial charge in [0.05, 0.1) is 6.20 Å². The summed E-state index contributed by atoms with van der Waals surface area (Å²) in [6.07, 6.45) is 2.88. The maximum absolute atomic E-state index is 13.5. The highest BCUT2D eigenvalue weighted by atomic mass is 19.1. The van der Waals surface area contributed by atoms with Gasteiger partial charge in [-0.25, -0.2) is 9.37 Å². The number of nitrogen functional groups attached to an aromatic ring is 1. The smallest absolute Gasteiger partial charge is 0.222 e. The number of aromatic amines is 1. The molecule has 6 heteroatoms. The van der Waals surface area contributed by atoms with Gasteiger partial charge in [-0.1, -0.05) is 6.07 Å². The number of anilines is 3. The van der Waals surface area contributed by atoms with Crippen molar-refractivity contribution < 1.29 is 4.39 Å². The zero-order chi connectivity index (χ0) is 12.5. The van der Waals surface area contributed by atoms with Crippen molar-refractivity contribution in [2.75, 3.05) is 11.1 Å². The molecule has 90 valence electrons. The van der Waals surface area contributed by atoms with Crippen molar-refractivity contribution >= 4 is 28.4 Å². The summed E-state index contributed by atoms with van der Waals surface area (Å²) in [4.78, 5) is 10.5. The summed E-state index contributed by atoms with van der Waals surface area (Å²) in [5.41, 5.74) is 7.10. The standard InChI is InChI=1S/C12H10FN5/c13-9-6-16-12(14)18-11(9)17-8-2-1-7-3-4-15-10(7)5-8/h1-6,15H,(H3,14,16,17,18). The molecule has 0 amide bonds. The number of nitrogens with zero attached hydrogens (tertiary/aromatic N) is 2. The minimum Gasteiger partial charge on any atom is -0.368 e. The Morgan fingerprint density at radius 1 is 1.28 bits per heavy atom. The number of halogens is 1. The van der Waals surface area contributed by atoms with Gasteiger partial charge in [-0.05, 0) is 23.6 Å². The SMILES string of the molecule is Nc1ncc(F)c(Nc2ccc3cc[nH]c3c2)n1. The molecule has 0 unspecified atom stereocenters. The van der Waals surface area contributed by atoms with Crippen LogP contribution in [-0.4, -0.2) is 15.0 Å². The molecule has 3 rings (SSSR count). The van der Waals surface area contributed by atoms with Gasteiger partial charge >= 0.3 is 0 Å². The van der Waals surface area contributed by atoms with E-state index in [2.05, 4.69) is 20.3 Å². The van der Waals surface area contributed by atoms with E-state index in [0.29, 0.717) is 0 Å². The largest absolute Gasteiger partial charge is 0.368 e. The first kappa shape index (κ1) is 10.5. The van der Waals surface area contributed by atoms with Crippen molar-refractivity contribution in [1.82, 2.24) is 15.0 Å². The second-order valence-electron chi connectivity index (χ2n) is 3.83. The number of nitrogens with one attached hydrogen (secondary N) is 2. The molecular weight excluding hydrogens is 233 g/mol. The number of H-pyrrole nitrogens is 1.